The molecule has 1 unspecified atom stereocenters. The largest absolute Gasteiger partial charge is 0.496 e. The number of hydrogen-bond donors (Lipinski definition) is 1. The first-order valence-corrected chi connectivity index (χ1v) is 9.08. The smallest absolute Gasteiger partial charge is 0.240 e. The molecule has 0 aliphatic heterocycles. The molecule has 2 rings (SSSR count). The van der Waals surface area contributed by atoms with Crippen molar-refractivity contribution in [2.45, 2.75) is 30.7 Å². The molecule has 1 heterocycles. The van der Waals surface area contributed by atoms with Crippen molar-refractivity contribution in [1.29, 1.82) is 0 Å². The summed E-state index contributed by atoms with van der Waals surface area (Å²) in [6, 6.07) is 8.16. The summed E-state index contributed by atoms with van der Waals surface area (Å²) in [7, 11) is -2.03. The van der Waals surface area contributed by atoms with Crippen molar-refractivity contribution in [3.63, 3.8) is 0 Å². The number of aryl methyl sites for hydroxylation is 1. The van der Waals surface area contributed by atoms with E-state index in [1.165, 1.54) is 19.2 Å². The molecule has 0 saturated heterocycles. The van der Waals surface area contributed by atoms with Crippen LogP contribution in [0.25, 0.3) is 0 Å². The van der Waals surface area contributed by atoms with Crippen LogP contribution in [0.3, 0.4) is 0 Å². The van der Waals surface area contributed by atoms with E-state index in [2.05, 4.69) is 20.7 Å². The number of halogens is 1. The van der Waals surface area contributed by atoms with Gasteiger partial charge < -0.3 is 9.15 Å². The summed E-state index contributed by atoms with van der Waals surface area (Å²) in [5, 5.41) is 0. The second kappa shape index (κ2) is 7.30. The second-order valence-electron chi connectivity index (χ2n) is 4.94. The van der Waals surface area contributed by atoms with Crippen LogP contribution in [0.2, 0.25) is 0 Å². The fourth-order valence-electron chi connectivity index (χ4n) is 2.02. The molecule has 0 spiro atoms. The highest BCUT2D eigenvalue weighted by atomic mass is 79.9. The molecular formula is C15H18BrNO4S. The zero-order valence-electron chi connectivity index (χ0n) is 12.4. The van der Waals surface area contributed by atoms with Crippen molar-refractivity contribution in [3.05, 3.63) is 46.8 Å². The Morgan fingerprint density at radius 2 is 2.14 bits per heavy atom. The van der Waals surface area contributed by atoms with Crippen LogP contribution >= 0.6 is 15.9 Å². The van der Waals surface area contributed by atoms with Gasteiger partial charge in [0.15, 0.2) is 0 Å². The van der Waals surface area contributed by atoms with Crippen LogP contribution in [-0.2, 0) is 16.4 Å². The van der Waals surface area contributed by atoms with Crippen molar-refractivity contribution in [3.8, 4) is 5.75 Å². The Kier molecular flexibility index (Phi) is 5.66. The number of ether oxygens (including phenoxy) is 1. The van der Waals surface area contributed by atoms with E-state index in [1.807, 2.05) is 19.1 Å². The maximum atomic E-state index is 12.4. The third-order valence-corrected chi connectivity index (χ3v) is 5.40. The molecule has 0 aliphatic carbocycles. The van der Waals surface area contributed by atoms with Gasteiger partial charge in [-0.05, 0) is 59.6 Å². The average molecular weight is 388 g/mol. The quantitative estimate of drug-likeness (QED) is 0.790. The van der Waals surface area contributed by atoms with Crippen LogP contribution in [0.15, 0.2) is 50.4 Å². The van der Waals surface area contributed by atoms with Crippen LogP contribution in [0.4, 0.5) is 0 Å². The van der Waals surface area contributed by atoms with E-state index < -0.39 is 10.0 Å². The molecule has 0 radical (unpaired) electrons. The van der Waals surface area contributed by atoms with Gasteiger partial charge in [0.05, 0.1) is 22.7 Å². The minimum atomic E-state index is -3.56. The molecule has 1 aromatic carbocycles. The van der Waals surface area contributed by atoms with Crippen molar-refractivity contribution in [2.24, 2.45) is 0 Å². The molecule has 120 valence electrons. The maximum absolute atomic E-state index is 12.4. The average Bonchev–Trinajstić information content (AvgIpc) is 2.98. The van der Waals surface area contributed by atoms with E-state index in [9.17, 15) is 8.42 Å². The van der Waals surface area contributed by atoms with E-state index in [0.717, 1.165) is 5.76 Å². The zero-order valence-corrected chi connectivity index (χ0v) is 14.8. The summed E-state index contributed by atoms with van der Waals surface area (Å²) < 4.78 is 38.3. The Bertz CT molecular complexity index is 713. The minimum absolute atomic E-state index is 0.198. The lowest BCUT2D eigenvalue weighted by Crippen LogP contribution is -2.32. The summed E-state index contributed by atoms with van der Waals surface area (Å²) in [6.45, 7) is 1.83. The number of sulfonamides is 1. The highest BCUT2D eigenvalue weighted by Crippen LogP contribution is 2.27. The monoisotopic (exact) mass is 387 g/mol. The molecule has 0 amide bonds. The summed E-state index contributed by atoms with van der Waals surface area (Å²) >= 11 is 3.29. The lowest BCUT2D eigenvalue weighted by molar-refractivity contribution is 0.411. The maximum Gasteiger partial charge on any atom is 0.240 e. The van der Waals surface area contributed by atoms with Gasteiger partial charge in [0.25, 0.3) is 0 Å². The van der Waals surface area contributed by atoms with Gasteiger partial charge in [-0.25, -0.2) is 13.1 Å². The molecule has 5 nitrogen and oxygen atoms in total. The number of nitrogens with one attached hydrogen (secondary N) is 1. The zero-order chi connectivity index (χ0) is 16.2. The normalized spacial score (nSPS) is 13.0. The molecule has 1 aromatic heterocycles. The predicted molar refractivity (Wildman–Crippen MR) is 87.5 cm³/mol. The number of rotatable bonds is 7. The Labute approximate surface area is 138 Å². The van der Waals surface area contributed by atoms with E-state index in [-0.39, 0.29) is 10.9 Å². The van der Waals surface area contributed by atoms with Gasteiger partial charge in [0, 0.05) is 12.5 Å². The number of hydrogen-bond acceptors (Lipinski definition) is 4. The van der Waals surface area contributed by atoms with Gasteiger partial charge in [0.1, 0.15) is 11.5 Å². The van der Waals surface area contributed by atoms with Crippen molar-refractivity contribution in [2.75, 3.05) is 7.11 Å². The van der Waals surface area contributed by atoms with Crippen molar-refractivity contribution < 1.29 is 17.6 Å². The number of benzene rings is 1. The molecule has 1 atom stereocenters. The Morgan fingerprint density at radius 1 is 1.36 bits per heavy atom. The van der Waals surface area contributed by atoms with E-state index in [4.69, 9.17) is 9.15 Å². The van der Waals surface area contributed by atoms with Crippen LogP contribution in [0, 0.1) is 0 Å². The van der Waals surface area contributed by atoms with E-state index in [0.29, 0.717) is 23.1 Å². The molecule has 0 fully saturated rings. The van der Waals surface area contributed by atoms with Crippen molar-refractivity contribution >= 4 is 26.0 Å². The molecule has 1 N–H and O–H groups in total. The standard InChI is InChI=1S/C15H18BrNO4S/c1-11(5-6-12-4-3-9-21-12)17-22(18,19)13-7-8-15(20-2)14(16)10-13/h3-4,7-11,17H,5-6H2,1-2H3. The summed E-state index contributed by atoms with van der Waals surface area (Å²) in [4.78, 5) is 0.199. The molecule has 0 saturated carbocycles. The Morgan fingerprint density at radius 3 is 2.73 bits per heavy atom. The number of furan rings is 1. The molecule has 0 bridgehead atoms. The first kappa shape index (κ1) is 17.1. The fraction of sp³-hybridized carbons (Fsp3) is 0.333. The molecule has 22 heavy (non-hydrogen) atoms. The van der Waals surface area contributed by atoms with Gasteiger partial charge in [-0.3, -0.25) is 0 Å². The van der Waals surface area contributed by atoms with Gasteiger partial charge in [0.2, 0.25) is 10.0 Å². The molecular weight excluding hydrogens is 370 g/mol. The van der Waals surface area contributed by atoms with Crippen LogP contribution in [0.1, 0.15) is 19.1 Å². The highest BCUT2D eigenvalue weighted by molar-refractivity contribution is 9.10. The minimum Gasteiger partial charge on any atom is -0.496 e. The van der Waals surface area contributed by atoms with Gasteiger partial charge in [-0.15, -0.1) is 0 Å². The fourth-order valence-corrected chi connectivity index (χ4v) is 4.02. The third-order valence-electron chi connectivity index (χ3n) is 3.19. The van der Waals surface area contributed by atoms with Gasteiger partial charge in [-0.2, -0.15) is 0 Å². The molecule has 2 aromatic rings. The predicted octanol–water partition coefficient (Wildman–Crippen LogP) is 3.35. The molecule has 0 aliphatic rings. The SMILES string of the molecule is COc1ccc(S(=O)(=O)NC(C)CCc2ccco2)cc1Br. The van der Waals surface area contributed by atoms with Gasteiger partial charge in [-0.1, -0.05) is 0 Å². The first-order chi connectivity index (χ1) is 10.4. The highest BCUT2D eigenvalue weighted by Gasteiger charge is 2.18. The van der Waals surface area contributed by atoms with Crippen LogP contribution in [-0.4, -0.2) is 21.6 Å². The van der Waals surface area contributed by atoms with E-state index >= 15 is 0 Å². The first-order valence-electron chi connectivity index (χ1n) is 6.80. The van der Waals surface area contributed by atoms with Gasteiger partial charge >= 0.3 is 0 Å². The lowest BCUT2D eigenvalue weighted by Gasteiger charge is -2.14. The third kappa shape index (κ3) is 4.34. The van der Waals surface area contributed by atoms with Crippen molar-refractivity contribution in [1.82, 2.24) is 4.72 Å². The van der Waals surface area contributed by atoms with Crippen LogP contribution < -0.4 is 9.46 Å². The molecule has 7 heteroatoms. The number of methoxy groups -OCH3 is 1. The summed E-state index contributed by atoms with van der Waals surface area (Å²) in [5.41, 5.74) is 0. The van der Waals surface area contributed by atoms with E-state index in [1.54, 1.807) is 12.3 Å². The second-order valence-corrected chi connectivity index (χ2v) is 7.51. The summed E-state index contributed by atoms with van der Waals surface area (Å²) in [5.74, 6) is 1.43. The topological polar surface area (TPSA) is 68.5 Å². The van der Waals surface area contributed by atoms with Crippen LogP contribution in [0.5, 0.6) is 5.75 Å². The summed E-state index contributed by atoms with van der Waals surface area (Å²) in [6.07, 6.45) is 2.95. The Hall–Kier alpha value is -1.31. The Balaban J connectivity index is 2.02. The lowest BCUT2D eigenvalue weighted by atomic mass is 10.2.